The van der Waals surface area contributed by atoms with Gasteiger partial charge in [0, 0.05) is 45.9 Å². The van der Waals surface area contributed by atoms with Crippen LogP contribution >= 0.6 is 0 Å². The molecule has 1 aromatic heterocycles. The van der Waals surface area contributed by atoms with Crippen LogP contribution in [-0.4, -0.2) is 16.4 Å². The Labute approximate surface area is 305 Å². The molecule has 2 N–H and O–H groups in total. The Morgan fingerprint density at radius 2 is 0.981 bits per heavy atom. The number of aliphatic imine (C=N–C) groups is 2. The van der Waals surface area contributed by atoms with Gasteiger partial charge in [-0.25, -0.2) is 4.99 Å². The number of hydrogen-bond acceptors (Lipinski definition) is 3. The molecule has 0 radical (unpaired) electrons. The minimum Gasteiger partial charge on any atom is -0.361 e. The zero-order valence-electron chi connectivity index (χ0n) is 30.0. The number of rotatable bonds is 4. The maximum absolute atomic E-state index is 5.46. The van der Waals surface area contributed by atoms with Crippen LogP contribution in [0.2, 0.25) is 0 Å². The normalized spacial score (nSPS) is 22.0. The van der Waals surface area contributed by atoms with Crippen LogP contribution in [0.15, 0.2) is 172 Å². The summed E-state index contributed by atoms with van der Waals surface area (Å²) in [4.78, 5) is 14.8. The Morgan fingerprint density at radius 1 is 0.500 bits per heavy atom. The average molecular weight is 673 g/mol. The van der Waals surface area contributed by atoms with Crippen molar-refractivity contribution in [2.75, 3.05) is 0 Å². The van der Waals surface area contributed by atoms with E-state index in [0.29, 0.717) is 0 Å². The third-order valence-electron chi connectivity index (χ3n) is 10.5. The number of hydrogen-bond donors (Lipinski definition) is 2. The number of aryl methyl sites for hydroxylation is 4. The van der Waals surface area contributed by atoms with E-state index in [1.54, 1.807) is 0 Å². The number of nitrogens with zero attached hydrogens (tertiary/aromatic N) is 2. The van der Waals surface area contributed by atoms with E-state index in [9.17, 15) is 0 Å². The Bertz CT molecular complexity index is 2490. The number of H-pyrrole nitrogens is 1. The van der Waals surface area contributed by atoms with Gasteiger partial charge in [-0.3, -0.25) is 4.99 Å². The van der Waals surface area contributed by atoms with Crippen molar-refractivity contribution < 1.29 is 0 Å². The molecular formula is C48H40N4. The Hall–Kier alpha value is -6.26. The second kappa shape index (κ2) is 12.8. The largest absolute Gasteiger partial charge is 0.361 e. The summed E-state index contributed by atoms with van der Waals surface area (Å²) in [6, 6.07) is 39.6. The van der Waals surface area contributed by atoms with Gasteiger partial charge in [-0.05, 0) is 86.4 Å². The van der Waals surface area contributed by atoms with Gasteiger partial charge in [0.25, 0.3) is 0 Å². The molecule has 252 valence electrons. The molecule has 4 nitrogen and oxygen atoms in total. The van der Waals surface area contributed by atoms with Gasteiger partial charge < -0.3 is 10.3 Å². The Morgan fingerprint density at radius 3 is 1.54 bits per heavy atom. The molecule has 0 saturated heterocycles. The highest BCUT2D eigenvalue weighted by Crippen LogP contribution is 2.40. The van der Waals surface area contributed by atoms with Crippen LogP contribution in [0.3, 0.4) is 0 Å². The molecule has 1 atom stereocenters. The molecule has 0 fully saturated rings. The number of fused-ring (bicyclic) bond motifs is 6. The third-order valence-corrected chi connectivity index (χ3v) is 10.5. The lowest BCUT2D eigenvalue weighted by atomic mass is 9.90. The molecule has 0 aliphatic carbocycles. The van der Waals surface area contributed by atoms with Crippen LogP contribution in [-0.2, 0) is 0 Å². The van der Waals surface area contributed by atoms with Crippen LogP contribution in [0.25, 0.3) is 16.7 Å². The predicted molar refractivity (Wildman–Crippen MR) is 216 cm³/mol. The third kappa shape index (κ3) is 5.76. The predicted octanol–water partition coefficient (Wildman–Crippen LogP) is 10.9. The summed E-state index contributed by atoms with van der Waals surface area (Å²) in [5, 5.41) is 3.94. The summed E-state index contributed by atoms with van der Waals surface area (Å²) in [6.07, 6.45) is 11.9. The van der Waals surface area contributed by atoms with E-state index < -0.39 is 0 Å². The number of aromatic nitrogens is 1. The molecule has 5 aromatic rings. The van der Waals surface area contributed by atoms with Crippen molar-refractivity contribution in [1.29, 1.82) is 0 Å². The standard InChI is InChI=1S/C48H40N4/c1-29-5-13-33(14-6-29)45-37-21-23-39(49-37)46(34-15-7-30(2)8-16-34)41-25-27-43(51-41)48(36-19-11-32(4)12-20-36)44-28-26-42(52-44)47(40-24-22-38(45)50-40)35-17-9-31(3)10-18-35/h5-27,47,49,52H,28H2,1-4H3/b45-38-,46-41-,48-44-. The Balaban J connectivity index is 1.32. The summed E-state index contributed by atoms with van der Waals surface area (Å²) >= 11 is 0. The first-order valence-electron chi connectivity index (χ1n) is 18.1. The second-order valence-corrected chi connectivity index (χ2v) is 14.3. The molecule has 0 spiro atoms. The number of aromatic amines is 1. The topological polar surface area (TPSA) is 52.5 Å². The summed E-state index contributed by atoms with van der Waals surface area (Å²) in [5.41, 5.74) is 20.9. The zero-order chi connectivity index (χ0) is 35.3. The molecular weight excluding hydrogens is 633 g/mol. The molecule has 4 heteroatoms. The van der Waals surface area contributed by atoms with E-state index in [2.05, 4.69) is 178 Å². The highest BCUT2D eigenvalue weighted by atomic mass is 15.0. The number of allylic oxidation sites excluding steroid dienone is 7. The molecule has 8 bridgehead atoms. The highest BCUT2D eigenvalue weighted by molar-refractivity contribution is 6.31. The molecule has 9 rings (SSSR count). The first-order chi connectivity index (χ1) is 25.4. The van der Waals surface area contributed by atoms with E-state index >= 15 is 0 Å². The van der Waals surface area contributed by atoms with E-state index in [1.807, 2.05) is 0 Å². The van der Waals surface area contributed by atoms with Crippen molar-refractivity contribution >= 4 is 28.1 Å². The van der Waals surface area contributed by atoms with Crippen LogP contribution in [0.4, 0.5) is 0 Å². The number of nitrogens with one attached hydrogen (secondary N) is 2. The summed E-state index contributed by atoms with van der Waals surface area (Å²) in [6.45, 7) is 8.53. The average Bonchev–Trinajstić information content (AvgIpc) is 3.99. The van der Waals surface area contributed by atoms with E-state index in [-0.39, 0.29) is 5.92 Å². The van der Waals surface area contributed by atoms with Gasteiger partial charge in [-0.1, -0.05) is 125 Å². The van der Waals surface area contributed by atoms with Gasteiger partial charge in [0.05, 0.1) is 28.7 Å². The second-order valence-electron chi connectivity index (χ2n) is 14.3. The van der Waals surface area contributed by atoms with E-state index in [4.69, 9.17) is 9.98 Å². The van der Waals surface area contributed by atoms with Gasteiger partial charge in [-0.2, -0.15) is 0 Å². The molecule has 4 aliphatic heterocycles. The van der Waals surface area contributed by atoms with Crippen molar-refractivity contribution in [3.8, 4) is 0 Å². The maximum Gasteiger partial charge on any atom is 0.0737 e. The van der Waals surface area contributed by atoms with Crippen molar-refractivity contribution in [1.82, 2.24) is 10.3 Å². The zero-order valence-corrected chi connectivity index (χ0v) is 30.0. The lowest BCUT2D eigenvalue weighted by Crippen LogP contribution is -2.21. The fraction of sp³-hybridized carbons (Fsp3) is 0.125. The molecule has 4 aliphatic rings. The lowest BCUT2D eigenvalue weighted by molar-refractivity contribution is 0.907. The molecule has 4 aromatic carbocycles. The highest BCUT2D eigenvalue weighted by Gasteiger charge is 2.30. The first kappa shape index (κ1) is 31.7. The summed E-state index contributed by atoms with van der Waals surface area (Å²) < 4.78 is 0. The van der Waals surface area contributed by atoms with Gasteiger partial charge in [-0.15, -0.1) is 0 Å². The summed E-state index contributed by atoms with van der Waals surface area (Å²) in [7, 11) is 0. The van der Waals surface area contributed by atoms with Gasteiger partial charge in [0.15, 0.2) is 0 Å². The Kier molecular flexibility index (Phi) is 7.81. The molecule has 1 unspecified atom stereocenters. The fourth-order valence-corrected chi connectivity index (χ4v) is 7.64. The molecule has 5 heterocycles. The van der Waals surface area contributed by atoms with Crippen LogP contribution in [0, 0.1) is 27.7 Å². The minimum atomic E-state index is -0.0675. The summed E-state index contributed by atoms with van der Waals surface area (Å²) in [5.74, 6) is -0.0675. The van der Waals surface area contributed by atoms with Gasteiger partial charge in [0.2, 0.25) is 0 Å². The fourth-order valence-electron chi connectivity index (χ4n) is 7.64. The van der Waals surface area contributed by atoms with Crippen LogP contribution in [0.1, 0.15) is 68.2 Å². The SMILES string of the molecule is Cc1ccc(/C2=C3\CC=C(N3)C(c3ccc(C)cc3)C3=N/C(=C(/c4ccc(C)cc4)c4ccc([nH]4)/C(c4ccc(C)cc4)=C4/C=CC2=N4)C=C3)cc1. The first-order valence-corrected chi connectivity index (χ1v) is 18.1. The monoisotopic (exact) mass is 672 g/mol. The smallest absolute Gasteiger partial charge is 0.0737 e. The van der Waals surface area contributed by atoms with Crippen LogP contribution < -0.4 is 5.32 Å². The van der Waals surface area contributed by atoms with Crippen molar-refractivity contribution in [2.45, 2.75) is 40.0 Å². The number of benzene rings is 4. The van der Waals surface area contributed by atoms with Crippen molar-refractivity contribution in [3.63, 3.8) is 0 Å². The van der Waals surface area contributed by atoms with E-state index in [0.717, 1.165) is 85.4 Å². The van der Waals surface area contributed by atoms with E-state index in [1.165, 1.54) is 27.8 Å². The lowest BCUT2D eigenvalue weighted by Gasteiger charge is -2.21. The van der Waals surface area contributed by atoms with Crippen molar-refractivity contribution in [3.05, 3.63) is 218 Å². The van der Waals surface area contributed by atoms with Crippen molar-refractivity contribution in [2.24, 2.45) is 9.98 Å². The molecule has 0 saturated carbocycles. The van der Waals surface area contributed by atoms with Gasteiger partial charge >= 0.3 is 0 Å². The minimum absolute atomic E-state index is 0.0675. The molecule has 52 heavy (non-hydrogen) atoms. The van der Waals surface area contributed by atoms with Crippen LogP contribution in [0.5, 0.6) is 0 Å². The van der Waals surface area contributed by atoms with Gasteiger partial charge in [0.1, 0.15) is 0 Å². The maximum atomic E-state index is 5.46. The quantitative estimate of drug-likeness (QED) is 0.196. The molecule has 0 amide bonds.